The van der Waals surface area contributed by atoms with Gasteiger partial charge in [-0.25, -0.2) is 0 Å². The Labute approximate surface area is 154 Å². The minimum atomic E-state index is -0.674. The smallest absolute Gasteiger partial charge is 0.204 e. The summed E-state index contributed by atoms with van der Waals surface area (Å²) in [6, 6.07) is -0.674. The number of nitrogens with one attached hydrogen (secondary N) is 1. The van der Waals surface area contributed by atoms with Crippen molar-refractivity contribution in [3.63, 3.8) is 0 Å². The highest BCUT2D eigenvalue weighted by Gasteiger charge is 2.28. The molecule has 1 aliphatic rings. The average molecular weight is 358 g/mol. The maximum Gasteiger partial charge on any atom is 0.204 e. The molecule has 0 saturated carbocycles. The molecule has 0 spiro atoms. The van der Waals surface area contributed by atoms with E-state index in [2.05, 4.69) is 31.1 Å². The maximum absolute atomic E-state index is 12.6. The first-order valence-electron chi connectivity index (χ1n) is 8.08. The molecule has 4 heteroatoms. The molecule has 0 fully saturated rings. The van der Waals surface area contributed by atoms with Gasteiger partial charge in [0.15, 0.2) is 5.78 Å². The fraction of sp³-hybridized carbons (Fsp3) is 0.238. The largest absolute Gasteiger partial charge is 0.300 e. The summed E-state index contributed by atoms with van der Waals surface area (Å²) in [7, 11) is 0. The first-order valence-corrected chi connectivity index (χ1v) is 8.46. The SMILES string of the molecule is C=C/C=C\CC/C(C)=C/CNC1C=C(Cl)C(=O)C(C=C)=C(C=C)C1=O. The van der Waals surface area contributed by atoms with Crippen molar-refractivity contribution in [3.8, 4) is 0 Å². The molecule has 132 valence electrons. The lowest BCUT2D eigenvalue weighted by molar-refractivity contribution is -0.116. The standard InChI is InChI=1S/C21H24ClNO2/c1-5-8-9-10-11-15(4)12-13-23-19-14-18(22)20(24)16(6-2)17(7-3)21(19)25/h5-9,12,14,19,23H,1-3,10-11,13H2,4H3/b9-8-,15-12+. The fourth-order valence-electron chi connectivity index (χ4n) is 2.38. The number of carbonyl (C=O) groups is 2. The lowest BCUT2D eigenvalue weighted by atomic mass is 9.99. The van der Waals surface area contributed by atoms with Crippen molar-refractivity contribution >= 4 is 23.2 Å². The van der Waals surface area contributed by atoms with E-state index in [9.17, 15) is 9.59 Å². The Morgan fingerprint density at radius 1 is 1.24 bits per heavy atom. The molecule has 25 heavy (non-hydrogen) atoms. The Morgan fingerprint density at radius 2 is 1.92 bits per heavy atom. The van der Waals surface area contributed by atoms with Crippen LogP contribution in [0.1, 0.15) is 19.8 Å². The molecule has 0 bridgehead atoms. The molecule has 0 aromatic carbocycles. The van der Waals surface area contributed by atoms with Crippen molar-refractivity contribution in [1.82, 2.24) is 5.32 Å². The van der Waals surface area contributed by atoms with Gasteiger partial charge in [-0.2, -0.15) is 0 Å². The first kappa shape index (κ1) is 20.8. The Balaban J connectivity index is 2.83. The number of hydrogen-bond acceptors (Lipinski definition) is 3. The van der Waals surface area contributed by atoms with Gasteiger partial charge in [0.2, 0.25) is 5.78 Å². The van der Waals surface area contributed by atoms with Crippen molar-refractivity contribution in [2.75, 3.05) is 6.54 Å². The van der Waals surface area contributed by atoms with Gasteiger partial charge in [0.25, 0.3) is 0 Å². The minimum absolute atomic E-state index is 0.00728. The number of rotatable bonds is 9. The number of halogens is 1. The van der Waals surface area contributed by atoms with Crippen molar-refractivity contribution in [2.24, 2.45) is 0 Å². The van der Waals surface area contributed by atoms with Crippen molar-refractivity contribution in [3.05, 3.63) is 84.0 Å². The molecule has 1 atom stereocenters. The van der Waals surface area contributed by atoms with Crippen LogP contribution in [0, 0.1) is 0 Å². The number of carbonyl (C=O) groups excluding carboxylic acids is 2. The summed E-state index contributed by atoms with van der Waals surface area (Å²) < 4.78 is 0. The lowest BCUT2D eigenvalue weighted by Crippen LogP contribution is -2.35. The van der Waals surface area contributed by atoms with E-state index >= 15 is 0 Å². The maximum atomic E-state index is 12.6. The second-order valence-corrected chi connectivity index (χ2v) is 5.99. The predicted molar refractivity (Wildman–Crippen MR) is 105 cm³/mol. The van der Waals surface area contributed by atoms with E-state index in [1.807, 2.05) is 19.1 Å². The van der Waals surface area contributed by atoms with Crippen LogP contribution in [-0.4, -0.2) is 24.2 Å². The summed E-state index contributed by atoms with van der Waals surface area (Å²) in [4.78, 5) is 24.8. The summed E-state index contributed by atoms with van der Waals surface area (Å²) in [5.41, 5.74) is 1.63. The fourth-order valence-corrected chi connectivity index (χ4v) is 2.61. The van der Waals surface area contributed by atoms with Gasteiger partial charge in [-0.15, -0.1) is 0 Å². The summed E-state index contributed by atoms with van der Waals surface area (Å²) in [5, 5.41) is 3.12. The van der Waals surface area contributed by atoms with Crippen LogP contribution in [-0.2, 0) is 9.59 Å². The third-order valence-corrected chi connectivity index (χ3v) is 4.08. The Kier molecular flexibility index (Phi) is 8.82. The van der Waals surface area contributed by atoms with Gasteiger partial charge in [0, 0.05) is 17.7 Å². The molecule has 1 N–H and O–H groups in total. The van der Waals surface area contributed by atoms with Crippen molar-refractivity contribution in [1.29, 1.82) is 0 Å². The van der Waals surface area contributed by atoms with Crippen molar-refractivity contribution < 1.29 is 9.59 Å². The molecule has 0 heterocycles. The Bertz CT molecular complexity index is 693. The average Bonchev–Trinajstić information content (AvgIpc) is 2.68. The van der Waals surface area contributed by atoms with Gasteiger partial charge in [-0.1, -0.05) is 73.4 Å². The van der Waals surface area contributed by atoms with Crippen LogP contribution < -0.4 is 5.32 Å². The van der Waals surface area contributed by atoms with Gasteiger partial charge >= 0.3 is 0 Å². The third-order valence-electron chi connectivity index (χ3n) is 3.79. The topological polar surface area (TPSA) is 46.2 Å². The van der Waals surface area contributed by atoms with E-state index in [-0.39, 0.29) is 22.0 Å². The molecule has 0 aliphatic heterocycles. The lowest BCUT2D eigenvalue weighted by Gasteiger charge is -2.13. The van der Waals surface area contributed by atoms with E-state index in [1.165, 1.54) is 23.8 Å². The zero-order valence-electron chi connectivity index (χ0n) is 14.6. The monoisotopic (exact) mass is 357 g/mol. The molecule has 0 amide bonds. The van der Waals surface area contributed by atoms with Crippen LogP contribution in [0.5, 0.6) is 0 Å². The van der Waals surface area contributed by atoms with Gasteiger partial charge in [-0.05, 0) is 25.8 Å². The summed E-state index contributed by atoms with van der Waals surface area (Å²) in [6.45, 7) is 13.4. The quantitative estimate of drug-likeness (QED) is 0.492. The van der Waals surface area contributed by atoms with Crippen LogP contribution in [0.4, 0.5) is 0 Å². The zero-order chi connectivity index (χ0) is 18.8. The summed E-state index contributed by atoms with van der Waals surface area (Å²) in [5.74, 6) is -0.654. The minimum Gasteiger partial charge on any atom is -0.300 e. The van der Waals surface area contributed by atoms with Gasteiger partial charge < -0.3 is 5.32 Å². The Morgan fingerprint density at radius 3 is 2.52 bits per heavy atom. The van der Waals surface area contributed by atoms with Crippen LogP contribution >= 0.6 is 11.6 Å². The van der Waals surface area contributed by atoms with E-state index < -0.39 is 11.8 Å². The molecule has 1 rings (SSSR count). The molecule has 0 aromatic rings. The van der Waals surface area contributed by atoms with Gasteiger partial charge in [0.1, 0.15) is 0 Å². The second kappa shape index (κ2) is 10.6. The molecular formula is C21H24ClNO2. The number of allylic oxidation sites excluding steroid dienone is 8. The molecule has 0 aromatic heterocycles. The second-order valence-electron chi connectivity index (χ2n) is 5.58. The van der Waals surface area contributed by atoms with Gasteiger partial charge in [-0.3, -0.25) is 9.59 Å². The van der Waals surface area contributed by atoms with E-state index in [1.54, 1.807) is 6.08 Å². The normalized spacial score (nSPS) is 19.0. The molecule has 1 unspecified atom stereocenters. The van der Waals surface area contributed by atoms with Crippen LogP contribution in [0.15, 0.2) is 84.0 Å². The molecule has 3 nitrogen and oxygen atoms in total. The Hall–Kier alpha value is -2.23. The van der Waals surface area contributed by atoms with Crippen LogP contribution in [0.3, 0.4) is 0 Å². The van der Waals surface area contributed by atoms with E-state index in [0.717, 1.165) is 12.8 Å². The highest BCUT2D eigenvalue weighted by atomic mass is 35.5. The van der Waals surface area contributed by atoms with Crippen LogP contribution in [0.25, 0.3) is 0 Å². The first-order chi connectivity index (χ1) is 12.0. The molecular weight excluding hydrogens is 334 g/mol. The highest BCUT2D eigenvalue weighted by Crippen LogP contribution is 2.23. The van der Waals surface area contributed by atoms with Crippen LogP contribution in [0.2, 0.25) is 0 Å². The summed E-state index contributed by atoms with van der Waals surface area (Å²) >= 11 is 6.04. The molecule has 0 radical (unpaired) electrons. The highest BCUT2D eigenvalue weighted by molar-refractivity contribution is 6.46. The molecule has 0 saturated heterocycles. The molecule has 1 aliphatic carbocycles. The number of Topliss-reactive ketones (excluding diaryl/α,β-unsaturated/α-hetero) is 2. The van der Waals surface area contributed by atoms with E-state index in [4.69, 9.17) is 11.6 Å². The third kappa shape index (κ3) is 5.96. The zero-order valence-corrected chi connectivity index (χ0v) is 15.3. The number of ketones is 2. The predicted octanol–water partition coefficient (Wildman–Crippen LogP) is 4.36. The summed E-state index contributed by atoms with van der Waals surface area (Å²) in [6.07, 6.45) is 13.8. The van der Waals surface area contributed by atoms with Gasteiger partial charge in [0.05, 0.1) is 11.1 Å². The van der Waals surface area contributed by atoms with E-state index in [0.29, 0.717) is 6.54 Å². The van der Waals surface area contributed by atoms with Crippen molar-refractivity contribution in [2.45, 2.75) is 25.8 Å². The number of hydrogen-bond donors (Lipinski definition) is 1.